The number of carbonyl (C=O) groups excluding carboxylic acids is 10. The molecular weight excluding hydrogens is 1170 g/mol. The van der Waals surface area contributed by atoms with Crippen molar-refractivity contribution in [2.75, 3.05) is 26.2 Å². The Hall–Kier alpha value is -8.79. The summed E-state index contributed by atoms with van der Waals surface area (Å²) >= 11 is 0. The van der Waals surface area contributed by atoms with Crippen molar-refractivity contribution in [2.45, 2.75) is 173 Å². The quantitative estimate of drug-likeness (QED) is 0.0249. The molecule has 0 spiro atoms. The van der Waals surface area contributed by atoms with Crippen molar-refractivity contribution in [3.63, 3.8) is 0 Å². The zero-order chi connectivity index (χ0) is 67.2. The standard InChI is InChI=1S/C64H94N14O13/c1-37(2)29-49(75-57(83)45(67)31-41-19-9-7-10-20-41)58(84)69-35-54(80)70-39(5)55(81)74-50(30-38(3)4)61(87)76-51(32-42-21-11-8-12-22-42)62(88)72-47(25-15-17-27-65)59(85)77-52(33-43-34-68-46-24-14-13-23-44(43)46)60(86)71-40(6)56(82)78-53(36-79)63(89)73-48(64(90)91)26-16-18-28-66/h7-14,19-24,34,37-40,45,47-53,68,79H,15-18,25-33,35-36,65-67H2,1-6H3,(H,69,84)(H,70,80)(H,71,86)(H,72,88)(H,73,89)(H,74,81)(H,75,83)(H,76,87)(H,77,85)(H,78,82)(H,90,91)/t39-,40-,45-,47-,48-,49-,50-,51-,52-,53-/m0/s1. The number of carbonyl (C=O) groups is 11. The Morgan fingerprint density at radius 2 is 0.879 bits per heavy atom. The molecule has 0 fully saturated rings. The summed E-state index contributed by atoms with van der Waals surface area (Å²) in [6.07, 6.45) is 3.69. The second-order valence-corrected chi connectivity index (χ2v) is 23.6. The summed E-state index contributed by atoms with van der Waals surface area (Å²) in [6, 6.07) is 12.1. The number of amides is 10. The molecule has 498 valence electrons. The third-order valence-electron chi connectivity index (χ3n) is 14.9. The van der Waals surface area contributed by atoms with Gasteiger partial charge in [-0.05, 0) is 119 Å². The number of aromatic amines is 1. The van der Waals surface area contributed by atoms with Crippen LogP contribution >= 0.6 is 0 Å². The Kier molecular flexibility index (Phi) is 31.7. The van der Waals surface area contributed by atoms with Crippen molar-refractivity contribution in [3.8, 4) is 0 Å². The first-order valence-electron chi connectivity index (χ1n) is 31.0. The Balaban J connectivity index is 1.51. The lowest BCUT2D eigenvalue weighted by molar-refractivity contribution is -0.142. The molecule has 0 saturated heterocycles. The molecule has 0 bridgehead atoms. The first-order chi connectivity index (χ1) is 43.3. The maximum Gasteiger partial charge on any atom is 0.326 e. The highest BCUT2D eigenvalue weighted by molar-refractivity contribution is 5.99. The number of para-hydroxylation sites is 1. The van der Waals surface area contributed by atoms with Gasteiger partial charge in [-0.25, -0.2) is 4.79 Å². The number of nitrogens with one attached hydrogen (secondary N) is 11. The molecule has 1 aromatic heterocycles. The summed E-state index contributed by atoms with van der Waals surface area (Å²) in [5.41, 5.74) is 20.3. The number of fused-ring (bicyclic) bond motifs is 1. The van der Waals surface area contributed by atoms with Gasteiger partial charge >= 0.3 is 5.97 Å². The molecule has 91 heavy (non-hydrogen) atoms. The van der Waals surface area contributed by atoms with E-state index in [-0.39, 0.29) is 63.3 Å². The van der Waals surface area contributed by atoms with E-state index >= 15 is 0 Å². The number of H-pyrrole nitrogens is 1. The molecule has 10 atom stereocenters. The van der Waals surface area contributed by atoms with E-state index in [1.54, 1.807) is 54.7 Å². The van der Waals surface area contributed by atoms with Crippen LogP contribution in [0.5, 0.6) is 0 Å². The number of rotatable bonds is 40. The number of aromatic nitrogens is 1. The van der Waals surface area contributed by atoms with Crippen LogP contribution in [-0.2, 0) is 72.0 Å². The molecule has 1 heterocycles. The van der Waals surface area contributed by atoms with Crippen molar-refractivity contribution in [1.82, 2.24) is 58.2 Å². The number of hydrogen-bond donors (Lipinski definition) is 16. The zero-order valence-electron chi connectivity index (χ0n) is 52.8. The maximum absolute atomic E-state index is 14.7. The maximum atomic E-state index is 14.7. The minimum absolute atomic E-state index is 0.0136. The molecule has 3 aromatic carbocycles. The fraction of sp³-hybridized carbons (Fsp3) is 0.516. The Labute approximate surface area is 530 Å². The van der Waals surface area contributed by atoms with Gasteiger partial charge in [-0.2, -0.15) is 0 Å². The van der Waals surface area contributed by atoms with Crippen LogP contribution in [0.25, 0.3) is 10.9 Å². The van der Waals surface area contributed by atoms with Crippen molar-refractivity contribution in [3.05, 3.63) is 108 Å². The van der Waals surface area contributed by atoms with Crippen molar-refractivity contribution in [1.29, 1.82) is 0 Å². The van der Waals surface area contributed by atoms with Crippen molar-refractivity contribution >= 4 is 75.9 Å². The van der Waals surface area contributed by atoms with Gasteiger partial charge in [0.2, 0.25) is 59.1 Å². The zero-order valence-corrected chi connectivity index (χ0v) is 52.8. The third-order valence-corrected chi connectivity index (χ3v) is 14.9. The molecule has 4 aromatic rings. The number of unbranched alkanes of at least 4 members (excludes halogenated alkanes) is 2. The monoisotopic (exact) mass is 1270 g/mol. The molecule has 10 amide bonds. The Morgan fingerprint density at radius 3 is 1.44 bits per heavy atom. The van der Waals surface area contributed by atoms with E-state index in [4.69, 9.17) is 17.2 Å². The molecule has 0 aliphatic heterocycles. The highest BCUT2D eigenvalue weighted by Gasteiger charge is 2.35. The summed E-state index contributed by atoms with van der Waals surface area (Å²) in [6.45, 7) is 9.10. The summed E-state index contributed by atoms with van der Waals surface area (Å²) in [5, 5.41) is 46.4. The summed E-state index contributed by atoms with van der Waals surface area (Å²) < 4.78 is 0. The summed E-state index contributed by atoms with van der Waals surface area (Å²) in [4.78, 5) is 153. The van der Waals surface area contributed by atoms with Crippen LogP contribution in [0.3, 0.4) is 0 Å². The molecule has 0 aliphatic rings. The van der Waals surface area contributed by atoms with E-state index in [2.05, 4.69) is 58.2 Å². The molecule has 4 rings (SSSR count). The average molecular weight is 1270 g/mol. The number of aliphatic hydroxyl groups is 1. The number of nitrogens with two attached hydrogens (primary N) is 3. The van der Waals surface area contributed by atoms with Gasteiger partial charge in [0, 0.05) is 29.9 Å². The predicted octanol–water partition coefficient (Wildman–Crippen LogP) is -0.531. The topological polar surface area (TPSA) is 442 Å². The second kappa shape index (κ2) is 38.7. The molecule has 19 N–H and O–H groups in total. The van der Waals surface area contributed by atoms with Gasteiger partial charge < -0.3 is 85.6 Å². The highest BCUT2D eigenvalue weighted by atomic mass is 16.4. The lowest BCUT2D eigenvalue weighted by Crippen LogP contribution is -2.60. The van der Waals surface area contributed by atoms with Gasteiger partial charge in [0.1, 0.15) is 54.4 Å². The summed E-state index contributed by atoms with van der Waals surface area (Å²) in [5.74, 6) is -9.40. The minimum Gasteiger partial charge on any atom is -0.480 e. The lowest BCUT2D eigenvalue weighted by Gasteiger charge is -2.28. The average Bonchev–Trinajstić information content (AvgIpc) is 2.05. The van der Waals surface area contributed by atoms with E-state index in [1.807, 2.05) is 64.1 Å². The minimum atomic E-state index is -1.61. The van der Waals surface area contributed by atoms with Crippen LogP contribution in [0, 0.1) is 11.8 Å². The molecular formula is C64H94N14O13. The van der Waals surface area contributed by atoms with Gasteiger partial charge in [0.05, 0.1) is 19.2 Å². The molecule has 0 unspecified atom stereocenters. The fourth-order valence-corrected chi connectivity index (χ4v) is 9.85. The molecule has 27 nitrogen and oxygen atoms in total. The number of benzene rings is 3. The molecule has 0 radical (unpaired) electrons. The van der Waals surface area contributed by atoms with E-state index in [9.17, 15) is 63.0 Å². The van der Waals surface area contributed by atoms with Crippen LogP contribution in [0.1, 0.15) is 110 Å². The van der Waals surface area contributed by atoms with Crippen LogP contribution in [0.4, 0.5) is 0 Å². The van der Waals surface area contributed by atoms with Crippen LogP contribution in [-0.4, -0.2) is 167 Å². The van der Waals surface area contributed by atoms with Crippen molar-refractivity contribution in [2.24, 2.45) is 29.0 Å². The Morgan fingerprint density at radius 1 is 0.451 bits per heavy atom. The van der Waals surface area contributed by atoms with Gasteiger partial charge in [0.15, 0.2) is 0 Å². The van der Waals surface area contributed by atoms with Gasteiger partial charge in [-0.1, -0.05) is 107 Å². The lowest BCUT2D eigenvalue weighted by atomic mass is 10.00. The number of carboxylic acid groups (broad SMARTS) is 1. The normalized spacial score (nSPS) is 14.5. The van der Waals surface area contributed by atoms with Gasteiger partial charge in [-0.15, -0.1) is 0 Å². The molecule has 0 saturated carbocycles. The van der Waals surface area contributed by atoms with E-state index in [0.717, 1.165) is 16.5 Å². The van der Waals surface area contributed by atoms with Crippen LogP contribution in [0.15, 0.2) is 91.1 Å². The van der Waals surface area contributed by atoms with E-state index in [1.165, 1.54) is 13.8 Å². The highest BCUT2D eigenvalue weighted by Crippen LogP contribution is 2.20. The predicted molar refractivity (Wildman–Crippen MR) is 341 cm³/mol. The Bertz CT molecular complexity index is 3040. The molecule has 27 heteroatoms. The fourth-order valence-electron chi connectivity index (χ4n) is 9.85. The third kappa shape index (κ3) is 25.9. The van der Waals surface area contributed by atoms with Crippen molar-refractivity contribution < 1.29 is 63.0 Å². The smallest absolute Gasteiger partial charge is 0.326 e. The van der Waals surface area contributed by atoms with Gasteiger partial charge in [-0.3, -0.25) is 47.9 Å². The largest absolute Gasteiger partial charge is 0.480 e. The van der Waals surface area contributed by atoms with E-state index in [0.29, 0.717) is 43.4 Å². The first-order valence-corrected chi connectivity index (χ1v) is 31.0. The summed E-state index contributed by atoms with van der Waals surface area (Å²) in [7, 11) is 0. The number of hydrogen-bond acceptors (Lipinski definition) is 15. The first kappa shape index (κ1) is 74.7. The van der Waals surface area contributed by atoms with Crippen LogP contribution in [0.2, 0.25) is 0 Å². The van der Waals surface area contributed by atoms with E-state index < -0.39 is 139 Å². The number of aliphatic carboxylic acids is 1. The van der Waals surface area contributed by atoms with Gasteiger partial charge in [0.25, 0.3) is 0 Å². The van der Waals surface area contributed by atoms with Crippen LogP contribution < -0.4 is 70.4 Å². The molecule has 0 aliphatic carbocycles. The number of carboxylic acids is 1. The SMILES string of the molecule is CC(C)C[C@H](NC(=O)[C@H](C)NC(=O)CNC(=O)[C@H](CC(C)C)NC(=O)[C@@H](N)Cc1ccccc1)C(=O)N[C@@H](Cc1ccccc1)C(=O)N[C@@H](CCCCN)C(=O)N[C@@H](Cc1c[nH]c2ccccc12)C(=O)N[C@@H](C)C(=O)N[C@@H](CO)C(=O)N[C@@H](CCCCN)C(=O)O. The number of aliphatic hydroxyl groups excluding tert-OH is 1. The second-order valence-electron chi connectivity index (χ2n) is 23.6.